The highest BCUT2D eigenvalue weighted by atomic mass is 16.4. The summed E-state index contributed by atoms with van der Waals surface area (Å²) in [4.78, 5) is 23.1. The van der Waals surface area contributed by atoms with Crippen LogP contribution in [0, 0.1) is 5.92 Å². The minimum Gasteiger partial charge on any atom is -0.859 e. The number of carbonyl (C=O) groups is 1. The molecule has 4 atom stereocenters. The van der Waals surface area contributed by atoms with Gasteiger partial charge >= 0.3 is 5.97 Å². The number of aromatic nitrogens is 2. The number of carboxylic acid groups (broad SMARTS) is 1. The van der Waals surface area contributed by atoms with Crippen molar-refractivity contribution in [3.05, 3.63) is 59.2 Å². The molecule has 1 aliphatic heterocycles. The molecule has 0 aromatic carbocycles. The van der Waals surface area contributed by atoms with E-state index < -0.39 is 5.97 Å². The zero-order valence-electron chi connectivity index (χ0n) is 22.9. The number of hydrogen-bond donors (Lipinski definition) is 5. The van der Waals surface area contributed by atoms with Gasteiger partial charge in [-0.05, 0) is 67.5 Å². The lowest BCUT2D eigenvalue weighted by molar-refractivity contribution is -0.275. The van der Waals surface area contributed by atoms with Crippen molar-refractivity contribution in [2.24, 2.45) is 22.4 Å². The Morgan fingerprint density at radius 1 is 1.23 bits per heavy atom. The number of hydrogen-bond acceptors (Lipinski definition) is 7. The van der Waals surface area contributed by atoms with Gasteiger partial charge in [-0.2, -0.15) is 0 Å². The minimum absolute atomic E-state index is 0.206. The summed E-state index contributed by atoms with van der Waals surface area (Å²) < 4.78 is 0. The van der Waals surface area contributed by atoms with Crippen LogP contribution in [0.15, 0.2) is 53.3 Å². The average Bonchev–Trinajstić information content (AvgIpc) is 3.42. The van der Waals surface area contributed by atoms with Crippen LogP contribution in [0.3, 0.4) is 0 Å². The third-order valence-electron chi connectivity index (χ3n) is 7.26. The molecule has 3 heterocycles. The summed E-state index contributed by atoms with van der Waals surface area (Å²) in [5.74, 6) is 0.0606. The summed E-state index contributed by atoms with van der Waals surface area (Å²) in [5, 5.41) is 29.3. The standard InChI is InChI=1S/C29H44N7O3/c1-2-3-7-22(30)8-4-6-20(17-21-11-13-27(37)34-19-21)10-12-24(35-26-9-5-15-32-26)23(18-28(38)39)25-14-16-33-29(31)36-25/h5,9,11,13,15,18-20,22,24-25,32H,2-4,6-8,10,12,14,16-17,30H2,1H3,(H,34,37)(H,38,39)(H3,31,33,36)/q-1/p-1. The first-order chi connectivity index (χ1) is 18.8. The lowest BCUT2D eigenvalue weighted by Gasteiger charge is -2.35. The lowest BCUT2D eigenvalue weighted by atomic mass is 9.85. The first-order valence-corrected chi connectivity index (χ1v) is 14.1. The smallest absolute Gasteiger partial charge is 0.328 e. The number of aliphatic imine (C=N–C) groups is 1. The Bertz CT molecular complexity index is 1050. The predicted octanol–water partition coefficient (Wildman–Crippen LogP) is 3.87. The van der Waals surface area contributed by atoms with Crippen molar-refractivity contribution in [1.82, 2.24) is 15.3 Å². The molecule has 0 bridgehead atoms. The third kappa shape index (κ3) is 10.6. The molecule has 2 aromatic heterocycles. The number of unbranched alkanes of at least 4 members (excludes halogenated alkanes) is 1. The number of nitrogens with one attached hydrogen (secondary N) is 2. The molecule has 0 radical (unpaired) electrons. The van der Waals surface area contributed by atoms with E-state index in [2.05, 4.69) is 27.2 Å². The van der Waals surface area contributed by atoms with Crippen LogP contribution >= 0.6 is 0 Å². The van der Waals surface area contributed by atoms with Crippen molar-refractivity contribution in [3.8, 4) is 5.88 Å². The molecular formula is C29H43N7O3-2. The van der Waals surface area contributed by atoms with Crippen LogP contribution in [-0.2, 0) is 11.2 Å². The molecule has 10 heteroatoms. The van der Waals surface area contributed by atoms with Gasteiger partial charge in [0.1, 0.15) is 0 Å². The monoisotopic (exact) mass is 537 g/mol. The Kier molecular flexibility index (Phi) is 12.1. The number of carboxylic acids is 1. The van der Waals surface area contributed by atoms with Gasteiger partial charge in [0, 0.05) is 24.9 Å². The fourth-order valence-electron chi connectivity index (χ4n) is 5.19. The van der Waals surface area contributed by atoms with Gasteiger partial charge < -0.3 is 37.3 Å². The molecule has 0 saturated carbocycles. The molecule has 0 amide bonds. The van der Waals surface area contributed by atoms with Gasteiger partial charge in [-0.1, -0.05) is 68.9 Å². The van der Waals surface area contributed by atoms with Crippen LogP contribution in [0.25, 0.3) is 5.32 Å². The molecule has 0 fully saturated rings. The Balaban J connectivity index is 1.77. The quantitative estimate of drug-likeness (QED) is 0.190. The predicted molar refractivity (Wildman–Crippen MR) is 153 cm³/mol. The SMILES string of the molecule is CCCCC(N)CCCC(CCC([N-]c1ccc[nH]1)C(=CC(=O)O)C1CCN=C(N)N1)Cc1ccc([O-])nc1. The summed E-state index contributed by atoms with van der Waals surface area (Å²) >= 11 is 0. The van der Waals surface area contributed by atoms with Crippen molar-refractivity contribution in [1.29, 1.82) is 0 Å². The van der Waals surface area contributed by atoms with Gasteiger partial charge in [-0.15, -0.1) is 0 Å². The number of nitrogens with two attached hydrogens (primary N) is 2. The fraction of sp³-hybridized carbons (Fsp3) is 0.552. The van der Waals surface area contributed by atoms with Crippen LogP contribution in [0.2, 0.25) is 0 Å². The minimum atomic E-state index is -1.01. The maximum Gasteiger partial charge on any atom is 0.328 e. The van der Waals surface area contributed by atoms with Gasteiger partial charge in [-0.25, -0.2) is 4.79 Å². The van der Waals surface area contributed by atoms with E-state index in [9.17, 15) is 15.0 Å². The first kappa shape index (κ1) is 30.0. The molecule has 2 aromatic rings. The summed E-state index contributed by atoms with van der Waals surface area (Å²) in [5.41, 5.74) is 14.0. The molecule has 4 unspecified atom stereocenters. The van der Waals surface area contributed by atoms with Crippen molar-refractivity contribution in [3.63, 3.8) is 0 Å². The molecule has 10 nitrogen and oxygen atoms in total. The van der Waals surface area contributed by atoms with Crippen LogP contribution in [0.4, 0.5) is 5.82 Å². The highest BCUT2D eigenvalue weighted by Gasteiger charge is 2.25. The first-order valence-electron chi connectivity index (χ1n) is 14.1. The maximum atomic E-state index is 11.9. The molecule has 214 valence electrons. The van der Waals surface area contributed by atoms with E-state index in [1.54, 1.807) is 12.4 Å². The summed E-state index contributed by atoms with van der Waals surface area (Å²) in [6, 6.07) is 6.69. The molecule has 3 rings (SSSR count). The zero-order chi connectivity index (χ0) is 28.0. The Hall–Kier alpha value is -3.53. The van der Waals surface area contributed by atoms with Gasteiger partial charge in [-0.3, -0.25) is 9.98 Å². The van der Waals surface area contributed by atoms with Crippen molar-refractivity contribution < 1.29 is 15.0 Å². The van der Waals surface area contributed by atoms with Gasteiger partial charge in [0.05, 0.1) is 6.04 Å². The molecule has 0 aliphatic carbocycles. The summed E-state index contributed by atoms with van der Waals surface area (Å²) in [6.07, 6.45) is 13.9. The third-order valence-corrected chi connectivity index (χ3v) is 7.26. The summed E-state index contributed by atoms with van der Waals surface area (Å²) in [6.45, 7) is 2.70. The van der Waals surface area contributed by atoms with Crippen LogP contribution in [0.5, 0.6) is 5.88 Å². The van der Waals surface area contributed by atoms with Gasteiger partial charge in [0.2, 0.25) is 0 Å². The largest absolute Gasteiger partial charge is 0.859 e. The average molecular weight is 538 g/mol. The number of rotatable bonds is 17. The molecule has 7 N–H and O–H groups in total. The number of H-pyrrole nitrogens is 1. The summed E-state index contributed by atoms with van der Waals surface area (Å²) in [7, 11) is 0. The van der Waals surface area contributed by atoms with E-state index in [1.165, 1.54) is 12.1 Å². The van der Waals surface area contributed by atoms with E-state index in [0.29, 0.717) is 42.7 Å². The second-order valence-electron chi connectivity index (χ2n) is 10.4. The second kappa shape index (κ2) is 15.8. The van der Waals surface area contributed by atoms with Crippen LogP contribution in [0.1, 0.15) is 70.3 Å². The number of aliphatic carboxylic acids is 1. The number of nitrogens with zero attached hydrogens (tertiary/aromatic N) is 3. The van der Waals surface area contributed by atoms with E-state index in [4.69, 9.17) is 16.8 Å². The highest BCUT2D eigenvalue weighted by molar-refractivity contribution is 5.83. The van der Waals surface area contributed by atoms with Gasteiger partial charge in [0.25, 0.3) is 0 Å². The highest BCUT2D eigenvalue weighted by Crippen LogP contribution is 2.32. The fourth-order valence-corrected chi connectivity index (χ4v) is 5.19. The molecular weight excluding hydrogens is 494 g/mol. The normalized spacial score (nSPS) is 18.1. The van der Waals surface area contributed by atoms with E-state index in [0.717, 1.165) is 56.9 Å². The Labute approximate surface area is 231 Å². The molecule has 1 aliphatic rings. The van der Waals surface area contributed by atoms with Crippen LogP contribution < -0.4 is 21.9 Å². The van der Waals surface area contributed by atoms with Crippen molar-refractivity contribution in [2.45, 2.75) is 89.3 Å². The molecule has 0 saturated heterocycles. The maximum absolute atomic E-state index is 11.9. The number of aromatic amines is 1. The Morgan fingerprint density at radius 3 is 2.72 bits per heavy atom. The number of pyridine rings is 1. The number of guanidine groups is 1. The Morgan fingerprint density at radius 2 is 2.05 bits per heavy atom. The molecule has 0 spiro atoms. The molecule has 39 heavy (non-hydrogen) atoms. The van der Waals surface area contributed by atoms with Crippen LogP contribution in [-0.4, -0.2) is 51.7 Å². The van der Waals surface area contributed by atoms with E-state index in [1.807, 2.05) is 18.2 Å². The second-order valence-corrected chi connectivity index (χ2v) is 10.4. The van der Waals surface area contributed by atoms with Crippen molar-refractivity contribution in [2.75, 3.05) is 6.54 Å². The van der Waals surface area contributed by atoms with E-state index in [-0.39, 0.29) is 24.0 Å². The van der Waals surface area contributed by atoms with Crippen molar-refractivity contribution >= 4 is 17.7 Å². The van der Waals surface area contributed by atoms with E-state index >= 15 is 0 Å². The topological polar surface area (TPSA) is 180 Å². The zero-order valence-corrected chi connectivity index (χ0v) is 22.9. The lowest BCUT2D eigenvalue weighted by Crippen LogP contribution is -2.46. The van der Waals surface area contributed by atoms with Gasteiger partial charge in [0.15, 0.2) is 5.96 Å².